The Balaban J connectivity index is 0.00000169. The second kappa shape index (κ2) is 6.35. The highest BCUT2D eigenvalue weighted by molar-refractivity contribution is 9.10. The summed E-state index contributed by atoms with van der Waals surface area (Å²) in [6, 6.07) is 4.44. The maximum absolute atomic E-state index is 13.3. The Morgan fingerprint density at radius 3 is 2.64 bits per heavy atom. The lowest BCUT2D eigenvalue weighted by Crippen LogP contribution is -2.21. The molecule has 1 unspecified atom stereocenters. The van der Waals surface area contributed by atoms with Crippen LogP contribution in [0, 0.1) is 5.82 Å². The van der Waals surface area contributed by atoms with Crippen LogP contribution in [0.25, 0.3) is 0 Å². The Morgan fingerprint density at radius 1 is 1.57 bits per heavy atom. The first-order chi connectivity index (χ1) is 6.19. The van der Waals surface area contributed by atoms with Gasteiger partial charge in [0.15, 0.2) is 0 Å². The molecule has 0 saturated carbocycles. The lowest BCUT2D eigenvalue weighted by Gasteiger charge is -2.14. The molecule has 2 nitrogen and oxygen atoms in total. The molecule has 0 bridgehead atoms. The minimum absolute atomic E-state index is 0. The Bertz CT molecular complexity index is 294. The number of aliphatic hydroxyl groups excluding tert-OH is 1. The van der Waals surface area contributed by atoms with Gasteiger partial charge in [0.1, 0.15) is 5.82 Å². The van der Waals surface area contributed by atoms with Gasteiger partial charge < -0.3 is 10.4 Å². The number of halogens is 3. The van der Waals surface area contributed by atoms with Crippen molar-refractivity contribution in [3.63, 3.8) is 0 Å². The van der Waals surface area contributed by atoms with E-state index < -0.39 is 0 Å². The third-order valence-electron chi connectivity index (χ3n) is 1.87. The molecule has 0 aromatic heterocycles. The lowest BCUT2D eigenvalue weighted by atomic mass is 10.1. The van der Waals surface area contributed by atoms with Crippen LogP contribution in [-0.2, 0) is 0 Å². The van der Waals surface area contributed by atoms with Crippen LogP contribution in [0.5, 0.6) is 0 Å². The SMILES string of the molecule is CNC(CO)c1ccc(Br)cc1F.Cl. The van der Waals surface area contributed by atoms with Gasteiger partial charge in [0.25, 0.3) is 0 Å². The topological polar surface area (TPSA) is 32.3 Å². The molecule has 14 heavy (non-hydrogen) atoms. The zero-order valence-electron chi connectivity index (χ0n) is 7.63. The van der Waals surface area contributed by atoms with Crippen LogP contribution in [0.3, 0.4) is 0 Å². The van der Waals surface area contributed by atoms with E-state index in [4.69, 9.17) is 5.11 Å². The quantitative estimate of drug-likeness (QED) is 0.892. The molecule has 0 saturated heterocycles. The van der Waals surface area contributed by atoms with Crippen molar-refractivity contribution in [2.75, 3.05) is 13.7 Å². The number of hydrogen-bond donors (Lipinski definition) is 2. The summed E-state index contributed by atoms with van der Waals surface area (Å²) in [6.07, 6.45) is 0. The van der Waals surface area contributed by atoms with Gasteiger partial charge in [0.2, 0.25) is 0 Å². The summed E-state index contributed by atoms with van der Waals surface area (Å²) in [6.45, 7) is -0.116. The number of nitrogens with one attached hydrogen (secondary N) is 1. The molecule has 1 aromatic carbocycles. The van der Waals surface area contributed by atoms with E-state index in [1.54, 1.807) is 19.2 Å². The summed E-state index contributed by atoms with van der Waals surface area (Å²) in [5.41, 5.74) is 0.480. The number of hydrogen-bond acceptors (Lipinski definition) is 2. The van der Waals surface area contributed by atoms with Gasteiger partial charge >= 0.3 is 0 Å². The zero-order chi connectivity index (χ0) is 9.84. The maximum Gasteiger partial charge on any atom is 0.129 e. The standard InChI is InChI=1S/C9H11BrFNO.ClH/c1-12-9(5-13)7-3-2-6(10)4-8(7)11;/h2-4,9,12-13H,5H2,1H3;1H. The largest absolute Gasteiger partial charge is 0.394 e. The van der Waals surface area contributed by atoms with Crippen LogP contribution in [0.2, 0.25) is 0 Å². The van der Waals surface area contributed by atoms with Gasteiger partial charge in [-0.1, -0.05) is 22.0 Å². The van der Waals surface area contributed by atoms with Crippen LogP contribution in [0.4, 0.5) is 4.39 Å². The van der Waals surface area contributed by atoms with Gasteiger partial charge in [-0.3, -0.25) is 0 Å². The summed E-state index contributed by atoms with van der Waals surface area (Å²) >= 11 is 3.17. The first kappa shape index (κ1) is 13.8. The van der Waals surface area contributed by atoms with E-state index in [1.807, 2.05) is 0 Å². The fourth-order valence-electron chi connectivity index (χ4n) is 1.13. The van der Waals surface area contributed by atoms with Gasteiger partial charge in [0.05, 0.1) is 12.6 Å². The normalized spacial score (nSPS) is 12.0. The van der Waals surface area contributed by atoms with Crippen molar-refractivity contribution in [1.82, 2.24) is 5.32 Å². The molecule has 0 aliphatic heterocycles. The summed E-state index contributed by atoms with van der Waals surface area (Å²) < 4.78 is 14.0. The smallest absolute Gasteiger partial charge is 0.129 e. The summed E-state index contributed by atoms with van der Waals surface area (Å²) in [4.78, 5) is 0. The number of likely N-dealkylation sites (N-methyl/N-ethyl adjacent to an activating group) is 1. The molecule has 80 valence electrons. The fraction of sp³-hybridized carbons (Fsp3) is 0.333. The van der Waals surface area contributed by atoms with Gasteiger partial charge in [-0.25, -0.2) is 4.39 Å². The first-order valence-corrected chi connectivity index (χ1v) is 4.71. The van der Waals surface area contributed by atoms with E-state index in [0.29, 0.717) is 10.0 Å². The third kappa shape index (κ3) is 3.20. The average Bonchev–Trinajstić information content (AvgIpc) is 2.10. The number of rotatable bonds is 3. The zero-order valence-corrected chi connectivity index (χ0v) is 10.0. The van der Waals surface area contributed by atoms with Crippen LogP contribution >= 0.6 is 28.3 Å². The van der Waals surface area contributed by atoms with Crippen LogP contribution in [0.15, 0.2) is 22.7 Å². The van der Waals surface area contributed by atoms with Gasteiger partial charge in [-0.2, -0.15) is 0 Å². The van der Waals surface area contributed by atoms with Crippen molar-refractivity contribution in [1.29, 1.82) is 0 Å². The Hall–Kier alpha value is -0.160. The Morgan fingerprint density at radius 2 is 2.21 bits per heavy atom. The van der Waals surface area contributed by atoms with Crippen molar-refractivity contribution in [3.05, 3.63) is 34.1 Å². The van der Waals surface area contributed by atoms with E-state index in [2.05, 4.69) is 21.2 Å². The molecule has 1 aromatic rings. The van der Waals surface area contributed by atoms with Crippen molar-refractivity contribution in [3.8, 4) is 0 Å². The molecule has 0 aliphatic rings. The second-order valence-electron chi connectivity index (χ2n) is 2.69. The molecular formula is C9H12BrClFNO. The van der Waals surface area contributed by atoms with Crippen molar-refractivity contribution < 1.29 is 9.50 Å². The maximum atomic E-state index is 13.3. The van der Waals surface area contributed by atoms with E-state index in [9.17, 15) is 4.39 Å². The van der Waals surface area contributed by atoms with Gasteiger partial charge in [-0.15, -0.1) is 12.4 Å². The van der Waals surface area contributed by atoms with Crippen molar-refractivity contribution >= 4 is 28.3 Å². The molecule has 0 spiro atoms. The molecule has 0 radical (unpaired) electrons. The van der Waals surface area contributed by atoms with E-state index in [1.165, 1.54) is 6.07 Å². The van der Waals surface area contributed by atoms with Crippen molar-refractivity contribution in [2.24, 2.45) is 0 Å². The molecule has 0 aliphatic carbocycles. The van der Waals surface area contributed by atoms with Gasteiger partial charge in [-0.05, 0) is 19.2 Å². The van der Waals surface area contributed by atoms with Gasteiger partial charge in [0, 0.05) is 10.0 Å². The number of aliphatic hydroxyl groups is 1. The average molecular weight is 285 g/mol. The fourth-order valence-corrected chi connectivity index (χ4v) is 1.46. The Kier molecular flexibility index (Phi) is 6.27. The number of benzene rings is 1. The minimum atomic E-state index is -0.340. The molecule has 2 N–H and O–H groups in total. The van der Waals surface area contributed by atoms with Crippen LogP contribution in [-0.4, -0.2) is 18.8 Å². The highest BCUT2D eigenvalue weighted by atomic mass is 79.9. The highest BCUT2D eigenvalue weighted by Crippen LogP contribution is 2.20. The minimum Gasteiger partial charge on any atom is -0.394 e. The summed E-state index contributed by atoms with van der Waals surface area (Å²) in [7, 11) is 1.68. The predicted molar refractivity (Wildman–Crippen MR) is 60.2 cm³/mol. The van der Waals surface area contributed by atoms with E-state index in [0.717, 1.165) is 0 Å². The lowest BCUT2D eigenvalue weighted by molar-refractivity contribution is 0.248. The van der Waals surface area contributed by atoms with Crippen molar-refractivity contribution in [2.45, 2.75) is 6.04 Å². The Labute approximate surface area is 97.1 Å². The molecule has 0 amide bonds. The monoisotopic (exact) mass is 283 g/mol. The third-order valence-corrected chi connectivity index (χ3v) is 2.36. The molecule has 5 heteroatoms. The van der Waals surface area contributed by atoms with E-state index in [-0.39, 0.29) is 30.9 Å². The molecule has 1 atom stereocenters. The predicted octanol–water partition coefficient (Wildman–Crippen LogP) is 2.26. The van der Waals surface area contributed by atoms with Crippen LogP contribution in [0.1, 0.15) is 11.6 Å². The molecule has 0 fully saturated rings. The second-order valence-corrected chi connectivity index (χ2v) is 3.61. The van der Waals surface area contributed by atoms with E-state index >= 15 is 0 Å². The summed E-state index contributed by atoms with van der Waals surface area (Å²) in [5, 5.41) is 11.8. The molecule has 1 rings (SSSR count). The summed E-state index contributed by atoms with van der Waals surface area (Å²) in [5.74, 6) is -0.317. The van der Waals surface area contributed by atoms with Crippen LogP contribution < -0.4 is 5.32 Å². The highest BCUT2D eigenvalue weighted by Gasteiger charge is 2.12. The molecule has 0 heterocycles. The first-order valence-electron chi connectivity index (χ1n) is 3.92. The molecular weight excluding hydrogens is 272 g/mol.